The van der Waals surface area contributed by atoms with E-state index in [9.17, 15) is 4.79 Å². The number of aryl methyl sites for hydroxylation is 1. The molecule has 154 valence electrons. The van der Waals surface area contributed by atoms with Gasteiger partial charge in [-0.2, -0.15) is 0 Å². The van der Waals surface area contributed by atoms with E-state index in [2.05, 4.69) is 51.5 Å². The first kappa shape index (κ1) is 22.5. The molecule has 0 bridgehead atoms. The number of nitrogens with zero attached hydrogens (tertiary/aromatic N) is 2. The highest BCUT2D eigenvalue weighted by Gasteiger charge is 2.28. The molecule has 1 aliphatic heterocycles. The number of rotatable bonds is 5. The highest BCUT2D eigenvalue weighted by Crippen LogP contribution is 2.22. The van der Waals surface area contributed by atoms with E-state index in [4.69, 9.17) is 4.74 Å². The lowest BCUT2D eigenvalue weighted by molar-refractivity contribution is -0.149. The van der Waals surface area contributed by atoms with Crippen LogP contribution in [0, 0.1) is 12.8 Å². The van der Waals surface area contributed by atoms with Gasteiger partial charge in [0, 0.05) is 43.8 Å². The minimum Gasteiger partial charge on any atom is -0.466 e. The first-order valence-electron chi connectivity index (χ1n) is 9.81. The predicted octanol–water partition coefficient (Wildman–Crippen LogP) is 3.49. The standard InChI is InChI=1S/C21H30N4O2.HI/c1-4-27-20(26)17-8-6-12-25(14-17)21(22-3)23-11-10-16-13-24-18-9-5-7-15(2)19(16)18;/h5,7,9,13,17,24H,4,6,8,10-12,14H2,1-3H3,(H,22,23);1H. The SMILES string of the molecule is CCOC(=O)C1CCCN(C(=NC)NCCc2c[nH]c3cccc(C)c23)C1.I. The van der Waals surface area contributed by atoms with E-state index in [0.29, 0.717) is 13.2 Å². The summed E-state index contributed by atoms with van der Waals surface area (Å²) in [7, 11) is 1.80. The molecular weight excluding hydrogens is 467 g/mol. The molecule has 2 N–H and O–H groups in total. The van der Waals surface area contributed by atoms with Crippen LogP contribution in [0.1, 0.15) is 30.9 Å². The largest absolute Gasteiger partial charge is 0.466 e. The highest BCUT2D eigenvalue weighted by atomic mass is 127. The summed E-state index contributed by atoms with van der Waals surface area (Å²) >= 11 is 0. The number of esters is 1. The molecule has 1 aromatic carbocycles. The zero-order valence-electron chi connectivity index (χ0n) is 17.0. The van der Waals surface area contributed by atoms with Crippen LogP contribution in [-0.2, 0) is 16.0 Å². The van der Waals surface area contributed by atoms with Gasteiger partial charge in [-0.15, -0.1) is 24.0 Å². The quantitative estimate of drug-likeness (QED) is 0.287. The van der Waals surface area contributed by atoms with Crippen molar-refractivity contribution in [2.24, 2.45) is 10.9 Å². The second kappa shape index (κ2) is 10.7. The average molecular weight is 498 g/mol. The average Bonchev–Trinajstić information content (AvgIpc) is 3.10. The number of guanidine groups is 1. The smallest absolute Gasteiger partial charge is 0.310 e. The van der Waals surface area contributed by atoms with E-state index in [1.807, 2.05) is 6.92 Å². The zero-order chi connectivity index (χ0) is 19.2. The second-order valence-corrected chi connectivity index (χ2v) is 7.07. The molecule has 7 heteroatoms. The van der Waals surface area contributed by atoms with Gasteiger partial charge >= 0.3 is 5.97 Å². The van der Waals surface area contributed by atoms with Crippen molar-refractivity contribution < 1.29 is 9.53 Å². The van der Waals surface area contributed by atoms with E-state index in [-0.39, 0.29) is 35.9 Å². The first-order valence-corrected chi connectivity index (χ1v) is 9.81. The number of carbonyl (C=O) groups excluding carboxylic acids is 1. The number of aromatic amines is 1. The summed E-state index contributed by atoms with van der Waals surface area (Å²) < 4.78 is 5.20. The lowest BCUT2D eigenvalue weighted by Crippen LogP contribution is -2.48. The Kier molecular flexibility index (Phi) is 8.59. The molecule has 1 atom stereocenters. The maximum Gasteiger partial charge on any atom is 0.310 e. The number of benzene rings is 1. The molecule has 1 aromatic heterocycles. The number of piperidine rings is 1. The Morgan fingerprint density at radius 3 is 3.00 bits per heavy atom. The van der Waals surface area contributed by atoms with Gasteiger partial charge in [-0.25, -0.2) is 0 Å². The third-order valence-corrected chi connectivity index (χ3v) is 5.23. The van der Waals surface area contributed by atoms with Crippen LogP contribution in [0.2, 0.25) is 0 Å². The van der Waals surface area contributed by atoms with Crippen LogP contribution in [-0.4, -0.2) is 55.1 Å². The Morgan fingerprint density at radius 1 is 1.43 bits per heavy atom. The van der Waals surface area contributed by atoms with Gasteiger partial charge in [0.15, 0.2) is 5.96 Å². The van der Waals surface area contributed by atoms with E-state index < -0.39 is 0 Å². The fraction of sp³-hybridized carbons (Fsp3) is 0.524. The van der Waals surface area contributed by atoms with Crippen molar-refractivity contribution in [3.05, 3.63) is 35.5 Å². The number of carbonyl (C=O) groups is 1. The Balaban J connectivity index is 0.00000280. The Bertz CT molecular complexity index is 818. The molecule has 3 rings (SSSR count). The molecule has 2 aromatic rings. The Hall–Kier alpha value is -1.77. The number of likely N-dealkylation sites (tertiary alicyclic amines) is 1. The number of aliphatic imine (C=N–C) groups is 1. The number of aromatic nitrogens is 1. The molecule has 0 spiro atoms. The van der Waals surface area contributed by atoms with Crippen molar-refractivity contribution in [2.75, 3.05) is 33.3 Å². The first-order chi connectivity index (χ1) is 13.1. The molecular formula is C21H31IN4O2. The predicted molar refractivity (Wildman–Crippen MR) is 124 cm³/mol. The monoisotopic (exact) mass is 498 g/mol. The molecule has 0 aliphatic carbocycles. The van der Waals surface area contributed by atoms with E-state index >= 15 is 0 Å². The van der Waals surface area contributed by atoms with Crippen LogP contribution >= 0.6 is 24.0 Å². The lowest BCUT2D eigenvalue weighted by atomic mass is 9.98. The molecule has 1 fully saturated rings. The lowest BCUT2D eigenvalue weighted by Gasteiger charge is -2.33. The van der Waals surface area contributed by atoms with Crippen LogP contribution in [0.25, 0.3) is 10.9 Å². The van der Waals surface area contributed by atoms with E-state index in [0.717, 1.165) is 38.3 Å². The highest BCUT2D eigenvalue weighted by molar-refractivity contribution is 14.0. The van der Waals surface area contributed by atoms with Gasteiger partial charge in [0.1, 0.15) is 0 Å². The van der Waals surface area contributed by atoms with Gasteiger partial charge in [-0.3, -0.25) is 9.79 Å². The van der Waals surface area contributed by atoms with Crippen LogP contribution in [0.4, 0.5) is 0 Å². The van der Waals surface area contributed by atoms with Crippen molar-refractivity contribution >= 4 is 46.8 Å². The Labute approximate surface area is 184 Å². The summed E-state index contributed by atoms with van der Waals surface area (Å²) in [5, 5.41) is 4.78. The molecule has 1 saturated heterocycles. The number of H-pyrrole nitrogens is 1. The van der Waals surface area contributed by atoms with Gasteiger partial charge in [-0.05, 0) is 50.3 Å². The third kappa shape index (κ3) is 5.18. The Morgan fingerprint density at radius 2 is 2.25 bits per heavy atom. The fourth-order valence-corrected chi connectivity index (χ4v) is 3.91. The van der Waals surface area contributed by atoms with Crippen molar-refractivity contribution in [3.8, 4) is 0 Å². The van der Waals surface area contributed by atoms with Gasteiger partial charge in [0.05, 0.1) is 12.5 Å². The van der Waals surface area contributed by atoms with Crippen LogP contribution in [0.5, 0.6) is 0 Å². The molecule has 0 saturated carbocycles. The summed E-state index contributed by atoms with van der Waals surface area (Å²) in [5.41, 5.74) is 3.79. The summed E-state index contributed by atoms with van der Waals surface area (Å²) in [5.74, 6) is 0.709. The van der Waals surface area contributed by atoms with Crippen LogP contribution in [0.3, 0.4) is 0 Å². The van der Waals surface area contributed by atoms with Crippen LogP contribution < -0.4 is 5.32 Å². The molecule has 6 nitrogen and oxygen atoms in total. The van der Waals surface area contributed by atoms with Crippen molar-refractivity contribution in [2.45, 2.75) is 33.1 Å². The topological polar surface area (TPSA) is 69.7 Å². The number of nitrogens with one attached hydrogen (secondary N) is 2. The van der Waals surface area contributed by atoms with Crippen LogP contribution in [0.15, 0.2) is 29.4 Å². The maximum absolute atomic E-state index is 12.1. The molecule has 0 radical (unpaired) electrons. The maximum atomic E-state index is 12.1. The summed E-state index contributed by atoms with van der Waals surface area (Å²) in [6.07, 6.45) is 4.88. The van der Waals surface area contributed by atoms with Crippen molar-refractivity contribution in [1.82, 2.24) is 15.2 Å². The molecule has 28 heavy (non-hydrogen) atoms. The normalized spacial score (nSPS) is 17.3. The fourth-order valence-electron chi connectivity index (χ4n) is 3.91. The van der Waals surface area contributed by atoms with Gasteiger partial charge < -0.3 is 19.9 Å². The number of ether oxygens (including phenoxy) is 1. The van der Waals surface area contributed by atoms with Gasteiger partial charge in [0.25, 0.3) is 0 Å². The van der Waals surface area contributed by atoms with Gasteiger partial charge in [0.2, 0.25) is 0 Å². The second-order valence-electron chi connectivity index (χ2n) is 7.07. The van der Waals surface area contributed by atoms with E-state index in [1.54, 1.807) is 7.05 Å². The molecule has 2 heterocycles. The summed E-state index contributed by atoms with van der Waals surface area (Å²) in [6.45, 7) is 6.83. The van der Waals surface area contributed by atoms with Crippen molar-refractivity contribution in [3.63, 3.8) is 0 Å². The van der Waals surface area contributed by atoms with E-state index in [1.165, 1.54) is 22.0 Å². The minimum atomic E-state index is -0.0908. The van der Waals surface area contributed by atoms with Gasteiger partial charge in [-0.1, -0.05) is 12.1 Å². The summed E-state index contributed by atoms with van der Waals surface area (Å²) in [4.78, 5) is 22.0. The minimum absolute atomic E-state index is 0. The molecule has 1 aliphatic rings. The zero-order valence-corrected chi connectivity index (χ0v) is 19.3. The third-order valence-electron chi connectivity index (χ3n) is 5.23. The number of halogens is 1. The van der Waals surface area contributed by atoms with Crippen molar-refractivity contribution in [1.29, 1.82) is 0 Å². The number of fused-ring (bicyclic) bond motifs is 1. The molecule has 0 amide bonds. The number of hydrogen-bond acceptors (Lipinski definition) is 3. The number of hydrogen-bond donors (Lipinski definition) is 2. The molecule has 1 unspecified atom stereocenters. The summed E-state index contributed by atoms with van der Waals surface area (Å²) in [6, 6.07) is 6.34.